The molecule has 1 aromatic heterocycles. The average Bonchev–Trinajstić information content (AvgIpc) is 2.94. The molecule has 0 saturated heterocycles. The molecule has 1 aliphatic heterocycles. The number of nitrogens with zero attached hydrogens (tertiary/aromatic N) is 2. The normalized spacial score (nSPS) is 14.6. The van der Waals surface area contributed by atoms with Gasteiger partial charge in [0.25, 0.3) is 17.7 Å². The molecule has 2 heterocycles. The fraction of sp³-hybridized carbons (Fsp3) is 0.316. The van der Waals surface area contributed by atoms with Crippen molar-refractivity contribution in [1.82, 2.24) is 9.88 Å². The van der Waals surface area contributed by atoms with Gasteiger partial charge in [0.15, 0.2) is 5.75 Å². The smallest absolute Gasteiger partial charge is 0.265 e. The lowest BCUT2D eigenvalue weighted by atomic mass is 10.1. The quantitative estimate of drug-likeness (QED) is 0.511. The number of carbonyl (C=O) groups excluding carboxylic acids is 2. The van der Waals surface area contributed by atoms with Crippen LogP contribution in [0.25, 0.3) is 0 Å². The van der Waals surface area contributed by atoms with Crippen LogP contribution in [0.15, 0.2) is 24.3 Å². The zero-order valence-corrected chi connectivity index (χ0v) is 17.3. The number of sulfone groups is 1. The van der Waals surface area contributed by atoms with Gasteiger partial charge in [-0.05, 0) is 31.2 Å². The number of amides is 2. The van der Waals surface area contributed by atoms with E-state index in [1.165, 1.54) is 25.3 Å². The summed E-state index contributed by atoms with van der Waals surface area (Å²) < 4.78 is 49.1. The van der Waals surface area contributed by atoms with Crippen LogP contribution < -0.4 is 15.2 Å². The third-order valence-corrected chi connectivity index (χ3v) is 5.43. The lowest BCUT2D eigenvalue weighted by molar-refractivity contribution is 0.0593. The van der Waals surface area contributed by atoms with Crippen molar-refractivity contribution in [2.45, 2.75) is 13.0 Å². The molecule has 0 saturated carbocycles. The fourth-order valence-corrected chi connectivity index (χ4v) is 4.14. The summed E-state index contributed by atoms with van der Waals surface area (Å²) in [6.07, 6.45) is 0.958. The highest BCUT2D eigenvalue weighted by Crippen LogP contribution is 2.37. The molecule has 1 aromatic carbocycles. The summed E-state index contributed by atoms with van der Waals surface area (Å²) in [6.45, 7) is 1.97. The van der Waals surface area contributed by atoms with Crippen LogP contribution in [0.5, 0.6) is 11.6 Å². The molecule has 1 atom stereocenters. The molecule has 1 aliphatic rings. The lowest BCUT2D eigenvalue weighted by Crippen LogP contribution is -2.38. The van der Waals surface area contributed by atoms with E-state index in [2.05, 4.69) is 4.98 Å². The van der Waals surface area contributed by atoms with Crippen LogP contribution in [0, 0.1) is 5.82 Å². The molecule has 0 fully saturated rings. The SMILES string of the molecule is CCOc1nc([C@H](CS(C)(=O)=O)N2C(=O)c3c(N)ccc(F)c3C2=O)ccc1OC. The van der Waals surface area contributed by atoms with E-state index < -0.39 is 44.8 Å². The van der Waals surface area contributed by atoms with Crippen molar-refractivity contribution in [3.63, 3.8) is 0 Å². The van der Waals surface area contributed by atoms with E-state index in [1.54, 1.807) is 6.92 Å². The number of rotatable bonds is 7. The number of methoxy groups -OCH3 is 1. The van der Waals surface area contributed by atoms with Crippen molar-refractivity contribution in [2.75, 3.05) is 31.5 Å². The maximum Gasteiger partial charge on any atom is 0.265 e. The highest BCUT2D eigenvalue weighted by Gasteiger charge is 2.45. The fourth-order valence-electron chi connectivity index (χ4n) is 3.25. The van der Waals surface area contributed by atoms with Gasteiger partial charge in [0, 0.05) is 11.9 Å². The molecule has 11 heteroatoms. The number of benzene rings is 1. The van der Waals surface area contributed by atoms with E-state index in [0.29, 0.717) is 4.90 Å². The molecule has 160 valence electrons. The highest BCUT2D eigenvalue weighted by molar-refractivity contribution is 7.90. The third kappa shape index (κ3) is 3.80. The summed E-state index contributed by atoms with van der Waals surface area (Å²) in [5.74, 6) is -3.06. The largest absolute Gasteiger partial charge is 0.491 e. The third-order valence-electron chi connectivity index (χ3n) is 4.51. The zero-order valence-electron chi connectivity index (χ0n) is 16.5. The standard InChI is InChI=1S/C19H20FN3O6S/c1-4-29-17-14(28-2)8-7-12(22-17)13(9-30(3,26)27)23-18(24)15-10(20)5-6-11(21)16(15)19(23)25/h5-8,13H,4,9,21H2,1-3H3/t13-/m0/s1. The van der Waals surface area contributed by atoms with Crippen molar-refractivity contribution < 1.29 is 31.9 Å². The summed E-state index contributed by atoms with van der Waals surface area (Å²) in [6, 6.07) is 3.73. The predicted molar refractivity (Wildman–Crippen MR) is 106 cm³/mol. The van der Waals surface area contributed by atoms with Crippen molar-refractivity contribution in [1.29, 1.82) is 0 Å². The van der Waals surface area contributed by atoms with Crippen LogP contribution >= 0.6 is 0 Å². The van der Waals surface area contributed by atoms with E-state index >= 15 is 0 Å². The van der Waals surface area contributed by atoms with Gasteiger partial charge in [0.05, 0.1) is 42.3 Å². The van der Waals surface area contributed by atoms with Gasteiger partial charge in [0.2, 0.25) is 0 Å². The average molecular weight is 437 g/mol. The topological polar surface area (TPSA) is 129 Å². The van der Waals surface area contributed by atoms with Gasteiger partial charge in [0.1, 0.15) is 15.7 Å². The molecule has 2 amide bonds. The van der Waals surface area contributed by atoms with Gasteiger partial charge >= 0.3 is 0 Å². The van der Waals surface area contributed by atoms with Crippen molar-refractivity contribution in [3.8, 4) is 11.6 Å². The summed E-state index contributed by atoms with van der Waals surface area (Å²) in [5, 5.41) is 0. The number of aromatic nitrogens is 1. The Morgan fingerprint density at radius 3 is 2.40 bits per heavy atom. The van der Waals surface area contributed by atoms with E-state index in [1.807, 2.05) is 0 Å². The van der Waals surface area contributed by atoms with Crippen LogP contribution in [-0.2, 0) is 9.84 Å². The molecule has 3 rings (SSSR count). The number of halogens is 1. The van der Waals surface area contributed by atoms with Crippen molar-refractivity contribution in [2.24, 2.45) is 0 Å². The summed E-state index contributed by atoms with van der Waals surface area (Å²) in [4.78, 5) is 30.9. The van der Waals surface area contributed by atoms with Crippen LogP contribution in [-0.4, -0.2) is 55.8 Å². The molecular formula is C19H20FN3O6S. The second-order valence-electron chi connectivity index (χ2n) is 6.65. The number of nitrogens with two attached hydrogens (primary N) is 1. The molecule has 30 heavy (non-hydrogen) atoms. The minimum atomic E-state index is -3.69. The first-order valence-electron chi connectivity index (χ1n) is 8.90. The van der Waals surface area contributed by atoms with Gasteiger partial charge in [-0.15, -0.1) is 0 Å². The number of ether oxygens (including phenoxy) is 2. The molecule has 0 spiro atoms. The van der Waals surface area contributed by atoms with Gasteiger partial charge in [-0.25, -0.2) is 17.8 Å². The zero-order chi connectivity index (χ0) is 22.2. The molecular weight excluding hydrogens is 417 g/mol. The Morgan fingerprint density at radius 1 is 1.17 bits per heavy atom. The van der Waals surface area contributed by atoms with E-state index in [-0.39, 0.29) is 35.2 Å². The number of nitrogen functional groups attached to an aromatic ring is 1. The van der Waals surface area contributed by atoms with Crippen molar-refractivity contribution >= 4 is 27.3 Å². The molecule has 2 N–H and O–H groups in total. The van der Waals surface area contributed by atoms with E-state index in [4.69, 9.17) is 15.2 Å². The maximum atomic E-state index is 14.3. The first kappa shape index (κ1) is 21.5. The second kappa shape index (κ2) is 7.90. The van der Waals surface area contributed by atoms with Gasteiger partial charge in [-0.1, -0.05) is 0 Å². The minimum Gasteiger partial charge on any atom is -0.491 e. The van der Waals surface area contributed by atoms with Crippen LogP contribution in [0.4, 0.5) is 10.1 Å². The Balaban J connectivity index is 2.16. The van der Waals surface area contributed by atoms with Crippen LogP contribution in [0.2, 0.25) is 0 Å². The van der Waals surface area contributed by atoms with Crippen molar-refractivity contribution in [3.05, 3.63) is 46.9 Å². The number of anilines is 1. The maximum absolute atomic E-state index is 14.3. The Hall–Kier alpha value is -3.21. The number of hydrogen-bond donors (Lipinski definition) is 1. The van der Waals surface area contributed by atoms with E-state index in [0.717, 1.165) is 12.3 Å². The molecule has 0 aliphatic carbocycles. The molecule has 9 nitrogen and oxygen atoms in total. The number of imide groups is 1. The Morgan fingerprint density at radius 2 is 1.83 bits per heavy atom. The number of carbonyl (C=O) groups is 2. The van der Waals surface area contributed by atoms with E-state index in [9.17, 15) is 22.4 Å². The van der Waals surface area contributed by atoms with Crippen LogP contribution in [0.3, 0.4) is 0 Å². The first-order valence-corrected chi connectivity index (χ1v) is 11.0. The number of hydrogen-bond acceptors (Lipinski definition) is 8. The number of pyridine rings is 1. The Labute approximate surface area is 172 Å². The summed E-state index contributed by atoms with van der Waals surface area (Å²) >= 11 is 0. The molecule has 0 unspecified atom stereocenters. The Kier molecular flexibility index (Phi) is 5.66. The van der Waals surface area contributed by atoms with Gasteiger partial charge < -0.3 is 15.2 Å². The lowest BCUT2D eigenvalue weighted by Gasteiger charge is -2.25. The Bertz CT molecular complexity index is 1090. The summed E-state index contributed by atoms with van der Waals surface area (Å²) in [7, 11) is -2.28. The molecule has 2 aromatic rings. The first-order chi connectivity index (χ1) is 14.1. The molecule has 0 radical (unpaired) electrons. The summed E-state index contributed by atoms with van der Waals surface area (Å²) in [5.41, 5.74) is 4.99. The number of fused-ring (bicyclic) bond motifs is 1. The second-order valence-corrected chi connectivity index (χ2v) is 8.84. The monoisotopic (exact) mass is 437 g/mol. The highest BCUT2D eigenvalue weighted by atomic mass is 32.2. The molecule has 0 bridgehead atoms. The van der Waals surface area contributed by atoms with Crippen LogP contribution in [0.1, 0.15) is 39.4 Å². The van der Waals surface area contributed by atoms with Gasteiger partial charge in [-0.2, -0.15) is 0 Å². The minimum absolute atomic E-state index is 0.0677. The van der Waals surface area contributed by atoms with Gasteiger partial charge in [-0.3, -0.25) is 14.5 Å². The predicted octanol–water partition coefficient (Wildman–Crippen LogP) is 1.59.